The van der Waals surface area contributed by atoms with Crippen LogP contribution in [-0.2, 0) is 5.54 Å². The molecule has 1 heterocycles. The third-order valence-corrected chi connectivity index (χ3v) is 4.49. The maximum Gasteiger partial charge on any atom is 0.0702 e. The number of hydrogen-bond acceptors (Lipinski definition) is 2. The largest absolute Gasteiger partial charge is 0.320 e. The van der Waals surface area contributed by atoms with Crippen molar-refractivity contribution < 1.29 is 0 Å². The third-order valence-electron chi connectivity index (χ3n) is 2.68. The molecule has 2 atom stereocenters. The van der Waals surface area contributed by atoms with Crippen LogP contribution in [0.5, 0.6) is 0 Å². The first-order valence-corrected chi connectivity index (χ1v) is 5.82. The minimum absolute atomic E-state index is 0.0193. The summed E-state index contributed by atoms with van der Waals surface area (Å²) in [5, 5.41) is 0. The summed E-state index contributed by atoms with van der Waals surface area (Å²) in [6.07, 6.45) is 2.36. The third kappa shape index (κ3) is 1.24. The number of thiophene rings is 1. The minimum atomic E-state index is 0.0193. The van der Waals surface area contributed by atoms with E-state index in [0.29, 0.717) is 5.92 Å². The van der Waals surface area contributed by atoms with Gasteiger partial charge >= 0.3 is 0 Å². The lowest BCUT2D eigenvalue weighted by Crippen LogP contribution is -2.20. The molecule has 2 N–H and O–H groups in total. The van der Waals surface area contributed by atoms with Gasteiger partial charge in [0.1, 0.15) is 0 Å². The fourth-order valence-corrected chi connectivity index (χ4v) is 3.30. The lowest BCUT2D eigenvalue weighted by Gasteiger charge is -2.06. The van der Waals surface area contributed by atoms with Crippen LogP contribution in [0, 0.1) is 5.92 Å². The summed E-state index contributed by atoms with van der Waals surface area (Å²) >= 11 is 5.23. The van der Waals surface area contributed by atoms with Crippen LogP contribution in [0.4, 0.5) is 0 Å². The van der Waals surface area contributed by atoms with Crippen molar-refractivity contribution in [2.24, 2.45) is 11.7 Å². The van der Waals surface area contributed by atoms with Crippen LogP contribution in [-0.4, -0.2) is 0 Å². The summed E-state index contributed by atoms with van der Waals surface area (Å²) in [7, 11) is 0. The van der Waals surface area contributed by atoms with Gasteiger partial charge in [-0.3, -0.25) is 0 Å². The molecule has 0 saturated heterocycles. The Bertz CT molecular complexity index is 296. The molecule has 1 saturated carbocycles. The molecule has 1 fully saturated rings. The average Bonchev–Trinajstić information content (AvgIpc) is 2.50. The highest BCUT2D eigenvalue weighted by molar-refractivity contribution is 9.11. The number of rotatable bonds is 2. The van der Waals surface area contributed by atoms with Crippen molar-refractivity contribution in [2.45, 2.75) is 25.3 Å². The Morgan fingerprint density at radius 1 is 1.75 bits per heavy atom. The van der Waals surface area contributed by atoms with E-state index in [1.807, 2.05) is 0 Å². The van der Waals surface area contributed by atoms with Crippen LogP contribution in [0.15, 0.2) is 15.9 Å². The lowest BCUT2D eigenvalue weighted by molar-refractivity contribution is 0.625. The van der Waals surface area contributed by atoms with Gasteiger partial charge in [0, 0.05) is 4.88 Å². The molecule has 2 unspecified atom stereocenters. The molecule has 0 aliphatic heterocycles. The molecule has 1 aromatic heterocycles. The molecule has 0 radical (unpaired) electrons. The predicted octanol–water partition coefficient (Wildman–Crippen LogP) is 3.09. The maximum absolute atomic E-state index is 6.23. The van der Waals surface area contributed by atoms with E-state index in [0.717, 1.165) is 6.42 Å². The van der Waals surface area contributed by atoms with Crippen molar-refractivity contribution >= 4 is 27.3 Å². The van der Waals surface area contributed by atoms with Gasteiger partial charge < -0.3 is 5.73 Å². The Labute approximate surface area is 85.1 Å². The van der Waals surface area contributed by atoms with Gasteiger partial charge in [0.15, 0.2) is 0 Å². The van der Waals surface area contributed by atoms with Crippen molar-refractivity contribution in [3.8, 4) is 0 Å². The van der Waals surface area contributed by atoms with E-state index in [1.165, 1.54) is 15.1 Å². The fourth-order valence-electron chi connectivity index (χ4n) is 1.72. The Kier molecular flexibility index (Phi) is 2.05. The number of halogens is 1. The highest BCUT2D eigenvalue weighted by atomic mass is 79.9. The van der Waals surface area contributed by atoms with Gasteiger partial charge in [-0.1, -0.05) is 13.3 Å². The standard InChI is InChI=1S/C9H12BrNS/c1-2-6-5-9(6,11)7-3-4-8(10)12-7/h3-4,6H,2,5,11H2,1H3. The molecule has 1 aromatic rings. The van der Waals surface area contributed by atoms with Crippen LogP contribution in [0.25, 0.3) is 0 Å². The van der Waals surface area contributed by atoms with Gasteiger partial charge in [0.05, 0.1) is 9.33 Å². The van der Waals surface area contributed by atoms with Crippen molar-refractivity contribution in [3.63, 3.8) is 0 Å². The second-order valence-corrected chi connectivity index (χ2v) is 5.92. The molecule has 66 valence electrons. The quantitative estimate of drug-likeness (QED) is 0.852. The topological polar surface area (TPSA) is 26.0 Å². The van der Waals surface area contributed by atoms with Crippen LogP contribution >= 0.6 is 27.3 Å². The molecule has 0 spiro atoms. The second-order valence-electron chi connectivity index (χ2n) is 3.45. The zero-order valence-corrected chi connectivity index (χ0v) is 9.41. The highest BCUT2D eigenvalue weighted by Gasteiger charge is 2.51. The summed E-state index contributed by atoms with van der Waals surface area (Å²) in [6.45, 7) is 2.21. The number of hydrogen-bond donors (Lipinski definition) is 1. The maximum atomic E-state index is 6.23. The predicted molar refractivity (Wildman–Crippen MR) is 56.3 cm³/mol. The van der Waals surface area contributed by atoms with E-state index in [1.54, 1.807) is 11.3 Å². The SMILES string of the molecule is CCC1CC1(N)c1ccc(Br)s1. The van der Waals surface area contributed by atoms with E-state index in [9.17, 15) is 0 Å². The Balaban J connectivity index is 2.22. The van der Waals surface area contributed by atoms with Gasteiger partial charge in [-0.05, 0) is 40.4 Å². The molecule has 0 aromatic carbocycles. The van der Waals surface area contributed by atoms with Crippen LogP contribution in [0.3, 0.4) is 0 Å². The molecule has 1 aliphatic carbocycles. The van der Waals surface area contributed by atoms with Gasteiger partial charge in [0.25, 0.3) is 0 Å². The minimum Gasteiger partial charge on any atom is -0.320 e. The highest BCUT2D eigenvalue weighted by Crippen LogP contribution is 2.53. The van der Waals surface area contributed by atoms with Gasteiger partial charge in [-0.2, -0.15) is 0 Å². The normalized spacial score (nSPS) is 33.8. The zero-order valence-electron chi connectivity index (χ0n) is 7.01. The summed E-state index contributed by atoms with van der Waals surface area (Å²) < 4.78 is 1.18. The van der Waals surface area contributed by atoms with Crippen LogP contribution in [0.1, 0.15) is 24.6 Å². The van der Waals surface area contributed by atoms with E-state index >= 15 is 0 Å². The molecule has 0 amide bonds. The summed E-state index contributed by atoms with van der Waals surface area (Å²) in [4.78, 5) is 1.33. The summed E-state index contributed by atoms with van der Waals surface area (Å²) in [5.41, 5.74) is 6.24. The first-order valence-electron chi connectivity index (χ1n) is 4.21. The molecule has 1 aliphatic rings. The summed E-state index contributed by atoms with van der Waals surface area (Å²) in [6, 6.07) is 4.23. The average molecular weight is 246 g/mol. The van der Waals surface area contributed by atoms with E-state index in [2.05, 4.69) is 35.0 Å². The first kappa shape index (κ1) is 8.73. The Morgan fingerprint density at radius 2 is 2.50 bits per heavy atom. The molecule has 3 heteroatoms. The molecule has 2 rings (SSSR count). The zero-order chi connectivity index (χ0) is 8.77. The summed E-state index contributed by atoms with van der Waals surface area (Å²) in [5.74, 6) is 0.711. The Hall–Kier alpha value is 0.140. The molecule has 12 heavy (non-hydrogen) atoms. The van der Waals surface area contributed by atoms with Crippen molar-refractivity contribution in [1.82, 2.24) is 0 Å². The first-order chi connectivity index (χ1) is 5.66. The fraction of sp³-hybridized carbons (Fsp3) is 0.556. The second kappa shape index (κ2) is 2.82. The van der Waals surface area contributed by atoms with Crippen LogP contribution < -0.4 is 5.73 Å². The van der Waals surface area contributed by atoms with Gasteiger partial charge in [-0.15, -0.1) is 11.3 Å². The Morgan fingerprint density at radius 3 is 2.92 bits per heavy atom. The van der Waals surface area contributed by atoms with Gasteiger partial charge in [-0.25, -0.2) is 0 Å². The molecular formula is C9H12BrNS. The van der Waals surface area contributed by atoms with E-state index in [-0.39, 0.29) is 5.54 Å². The van der Waals surface area contributed by atoms with Crippen molar-refractivity contribution in [1.29, 1.82) is 0 Å². The molecular weight excluding hydrogens is 234 g/mol. The molecule has 1 nitrogen and oxygen atoms in total. The molecule has 0 bridgehead atoms. The van der Waals surface area contributed by atoms with Crippen molar-refractivity contribution in [2.75, 3.05) is 0 Å². The number of nitrogens with two attached hydrogens (primary N) is 1. The van der Waals surface area contributed by atoms with E-state index < -0.39 is 0 Å². The lowest BCUT2D eigenvalue weighted by atomic mass is 10.1. The smallest absolute Gasteiger partial charge is 0.0702 e. The van der Waals surface area contributed by atoms with Crippen molar-refractivity contribution in [3.05, 3.63) is 20.8 Å². The monoisotopic (exact) mass is 245 g/mol. The van der Waals surface area contributed by atoms with E-state index in [4.69, 9.17) is 5.73 Å². The van der Waals surface area contributed by atoms with Crippen LogP contribution in [0.2, 0.25) is 0 Å². The van der Waals surface area contributed by atoms with Gasteiger partial charge in [0.2, 0.25) is 0 Å².